The Balaban J connectivity index is 2.19. The van der Waals surface area contributed by atoms with E-state index in [1.165, 1.54) is 4.90 Å². The number of benzene rings is 2. The summed E-state index contributed by atoms with van der Waals surface area (Å²) in [6.07, 6.45) is 0. The van der Waals surface area contributed by atoms with Gasteiger partial charge in [-0.1, -0.05) is 34.1 Å². The molecule has 0 aliphatic carbocycles. The van der Waals surface area contributed by atoms with Crippen molar-refractivity contribution in [2.24, 2.45) is 0 Å². The van der Waals surface area contributed by atoms with Crippen molar-refractivity contribution in [3.63, 3.8) is 0 Å². The van der Waals surface area contributed by atoms with Crippen molar-refractivity contribution in [3.8, 4) is 5.75 Å². The lowest BCUT2D eigenvalue weighted by atomic mass is 10.1. The fraction of sp³-hybridized carbons (Fsp3) is 0.133. The van der Waals surface area contributed by atoms with Gasteiger partial charge in [-0.15, -0.1) is 0 Å². The maximum atomic E-state index is 12.3. The Hall–Kier alpha value is -2.01. The number of nitrogens with two attached hydrogens (primary N) is 1. The molecule has 5 heteroatoms. The standard InChI is InChI=1S/C15H15BrN2O2/c1-18(9-10-4-2-5-11(16)8-10)15(20)12-6-3-7-13(17)14(12)19/h2-8,19H,9,17H2,1H3. The van der Waals surface area contributed by atoms with Gasteiger partial charge in [0.2, 0.25) is 0 Å². The summed E-state index contributed by atoms with van der Waals surface area (Å²) in [5.74, 6) is -0.437. The lowest BCUT2D eigenvalue weighted by Gasteiger charge is -2.18. The molecule has 4 nitrogen and oxygen atoms in total. The average molecular weight is 335 g/mol. The third-order valence-corrected chi connectivity index (χ3v) is 3.45. The number of anilines is 1. The fourth-order valence-corrected chi connectivity index (χ4v) is 2.37. The largest absolute Gasteiger partial charge is 0.505 e. The molecule has 20 heavy (non-hydrogen) atoms. The Morgan fingerprint density at radius 2 is 2.00 bits per heavy atom. The third-order valence-electron chi connectivity index (χ3n) is 2.95. The number of hydrogen-bond donors (Lipinski definition) is 2. The van der Waals surface area contributed by atoms with Crippen molar-refractivity contribution in [1.29, 1.82) is 0 Å². The summed E-state index contributed by atoms with van der Waals surface area (Å²) in [7, 11) is 1.69. The molecule has 2 aromatic rings. The SMILES string of the molecule is CN(Cc1cccc(Br)c1)C(=O)c1cccc(N)c1O. The molecule has 0 unspecified atom stereocenters. The Bertz CT molecular complexity index is 644. The Morgan fingerprint density at radius 3 is 2.70 bits per heavy atom. The lowest BCUT2D eigenvalue weighted by molar-refractivity contribution is 0.0782. The first-order valence-corrected chi connectivity index (χ1v) is 6.85. The van der Waals surface area contributed by atoms with Gasteiger partial charge in [-0.05, 0) is 29.8 Å². The fourth-order valence-electron chi connectivity index (χ4n) is 1.92. The van der Waals surface area contributed by atoms with E-state index in [4.69, 9.17) is 5.73 Å². The van der Waals surface area contributed by atoms with Crippen LogP contribution in [-0.2, 0) is 6.54 Å². The molecule has 0 saturated carbocycles. The highest BCUT2D eigenvalue weighted by atomic mass is 79.9. The van der Waals surface area contributed by atoms with Gasteiger partial charge >= 0.3 is 0 Å². The summed E-state index contributed by atoms with van der Waals surface area (Å²) in [5.41, 5.74) is 7.01. The first kappa shape index (κ1) is 14.4. The molecule has 3 N–H and O–H groups in total. The molecule has 0 radical (unpaired) electrons. The van der Waals surface area contributed by atoms with E-state index in [-0.39, 0.29) is 22.9 Å². The van der Waals surface area contributed by atoms with Crippen molar-refractivity contribution in [3.05, 3.63) is 58.1 Å². The zero-order chi connectivity index (χ0) is 14.7. The zero-order valence-electron chi connectivity index (χ0n) is 11.0. The quantitative estimate of drug-likeness (QED) is 0.669. The minimum Gasteiger partial charge on any atom is -0.505 e. The normalized spacial score (nSPS) is 10.3. The number of nitrogens with zero attached hydrogens (tertiary/aromatic N) is 1. The van der Waals surface area contributed by atoms with Crippen LogP contribution < -0.4 is 5.73 Å². The van der Waals surface area contributed by atoms with Gasteiger partial charge in [0.15, 0.2) is 5.75 Å². The predicted octanol–water partition coefficient (Wildman–Crippen LogP) is 3.01. The molecule has 0 spiro atoms. The summed E-state index contributed by atoms with van der Waals surface area (Å²) >= 11 is 3.40. The van der Waals surface area contributed by atoms with Crippen LogP contribution in [0.2, 0.25) is 0 Å². The Kier molecular flexibility index (Phi) is 4.29. The summed E-state index contributed by atoms with van der Waals surface area (Å²) in [4.78, 5) is 13.8. The van der Waals surface area contributed by atoms with Gasteiger partial charge in [-0.3, -0.25) is 4.79 Å². The average Bonchev–Trinajstić information content (AvgIpc) is 2.41. The first-order chi connectivity index (χ1) is 9.49. The molecule has 0 aliphatic rings. The van der Waals surface area contributed by atoms with Crippen LogP contribution in [0.1, 0.15) is 15.9 Å². The number of carbonyl (C=O) groups excluding carboxylic acids is 1. The highest BCUT2D eigenvalue weighted by molar-refractivity contribution is 9.10. The van der Waals surface area contributed by atoms with E-state index in [0.29, 0.717) is 6.54 Å². The summed E-state index contributed by atoms with van der Waals surface area (Å²) < 4.78 is 0.961. The van der Waals surface area contributed by atoms with E-state index < -0.39 is 0 Å². The van der Waals surface area contributed by atoms with E-state index in [9.17, 15) is 9.90 Å². The Morgan fingerprint density at radius 1 is 1.30 bits per heavy atom. The van der Waals surface area contributed by atoms with Crippen molar-refractivity contribution in [2.75, 3.05) is 12.8 Å². The summed E-state index contributed by atoms with van der Waals surface area (Å²) in [6, 6.07) is 12.5. The number of phenolic OH excluding ortho intramolecular Hbond substituents is 1. The highest BCUT2D eigenvalue weighted by Gasteiger charge is 2.17. The van der Waals surface area contributed by atoms with Gasteiger partial charge in [0.05, 0.1) is 11.3 Å². The van der Waals surface area contributed by atoms with Crippen LogP contribution in [0.5, 0.6) is 5.75 Å². The molecule has 0 aromatic heterocycles. The molecule has 1 amide bonds. The van der Waals surface area contributed by atoms with Crippen molar-refractivity contribution in [1.82, 2.24) is 4.90 Å². The maximum absolute atomic E-state index is 12.3. The van der Waals surface area contributed by atoms with Crippen molar-refractivity contribution < 1.29 is 9.90 Å². The van der Waals surface area contributed by atoms with Crippen LogP contribution in [0, 0.1) is 0 Å². The summed E-state index contributed by atoms with van der Waals surface area (Å²) in [6.45, 7) is 0.451. The van der Waals surface area contributed by atoms with E-state index >= 15 is 0 Å². The second kappa shape index (κ2) is 5.96. The predicted molar refractivity (Wildman–Crippen MR) is 82.5 cm³/mol. The van der Waals surface area contributed by atoms with Crippen LogP contribution >= 0.6 is 15.9 Å². The third kappa shape index (κ3) is 3.11. The van der Waals surface area contributed by atoms with E-state index in [1.54, 1.807) is 25.2 Å². The monoisotopic (exact) mass is 334 g/mol. The molecule has 2 rings (SSSR count). The van der Waals surface area contributed by atoms with Crippen LogP contribution in [-0.4, -0.2) is 23.0 Å². The van der Waals surface area contributed by atoms with Crippen LogP contribution in [0.4, 0.5) is 5.69 Å². The minimum atomic E-state index is -0.269. The molecule has 104 valence electrons. The Labute approximate surface area is 126 Å². The van der Waals surface area contributed by atoms with Crippen LogP contribution in [0.25, 0.3) is 0 Å². The zero-order valence-corrected chi connectivity index (χ0v) is 12.6. The number of aromatic hydroxyl groups is 1. The molecule has 0 saturated heterocycles. The molecule has 0 aliphatic heterocycles. The van der Waals surface area contributed by atoms with E-state index in [2.05, 4.69) is 15.9 Å². The van der Waals surface area contributed by atoms with Gasteiger partial charge in [-0.2, -0.15) is 0 Å². The summed E-state index contributed by atoms with van der Waals surface area (Å²) in [5, 5.41) is 9.85. The molecule has 0 bridgehead atoms. The van der Waals surface area contributed by atoms with Gasteiger partial charge in [0.25, 0.3) is 5.91 Å². The molecular formula is C15H15BrN2O2. The van der Waals surface area contributed by atoms with Crippen LogP contribution in [0.15, 0.2) is 46.9 Å². The number of amides is 1. The maximum Gasteiger partial charge on any atom is 0.257 e. The van der Waals surface area contributed by atoms with E-state index in [0.717, 1.165) is 10.0 Å². The molecule has 2 aromatic carbocycles. The first-order valence-electron chi connectivity index (χ1n) is 6.06. The number of hydrogen-bond acceptors (Lipinski definition) is 3. The highest BCUT2D eigenvalue weighted by Crippen LogP contribution is 2.25. The molecular weight excluding hydrogens is 320 g/mol. The molecule has 0 fully saturated rings. The number of halogens is 1. The lowest BCUT2D eigenvalue weighted by Crippen LogP contribution is -2.26. The minimum absolute atomic E-state index is 0.168. The number of nitrogen functional groups attached to an aromatic ring is 1. The second-order valence-electron chi connectivity index (χ2n) is 4.53. The number of carbonyl (C=O) groups is 1. The number of para-hydroxylation sites is 1. The van der Waals surface area contributed by atoms with E-state index in [1.807, 2.05) is 24.3 Å². The topological polar surface area (TPSA) is 66.6 Å². The number of rotatable bonds is 3. The van der Waals surface area contributed by atoms with Crippen molar-refractivity contribution >= 4 is 27.5 Å². The van der Waals surface area contributed by atoms with Crippen molar-refractivity contribution in [2.45, 2.75) is 6.54 Å². The second-order valence-corrected chi connectivity index (χ2v) is 5.45. The van der Waals surface area contributed by atoms with Gasteiger partial charge in [0, 0.05) is 18.1 Å². The molecule has 0 heterocycles. The number of phenols is 1. The smallest absolute Gasteiger partial charge is 0.257 e. The van der Waals surface area contributed by atoms with Gasteiger partial charge in [-0.25, -0.2) is 0 Å². The van der Waals surface area contributed by atoms with Gasteiger partial charge < -0.3 is 15.7 Å². The van der Waals surface area contributed by atoms with Crippen LogP contribution in [0.3, 0.4) is 0 Å². The molecule has 0 atom stereocenters. The van der Waals surface area contributed by atoms with Gasteiger partial charge in [0.1, 0.15) is 0 Å².